The summed E-state index contributed by atoms with van der Waals surface area (Å²) >= 11 is 0. The third-order valence-electron chi connectivity index (χ3n) is 1.17. The molecule has 0 saturated heterocycles. The summed E-state index contributed by atoms with van der Waals surface area (Å²) < 4.78 is 4.32. The predicted molar refractivity (Wildman–Crippen MR) is 45.3 cm³/mol. The number of hydrogen-bond donors (Lipinski definition) is 1. The van der Waals surface area contributed by atoms with E-state index >= 15 is 0 Å². The van der Waals surface area contributed by atoms with Crippen LogP contribution < -0.4 is 5.73 Å². The molecule has 1 aromatic heterocycles. The Morgan fingerprint density at radius 1 is 1.54 bits per heavy atom. The van der Waals surface area contributed by atoms with Crippen molar-refractivity contribution in [3.63, 3.8) is 0 Å². The molecular weight excluding hydrogens is 170 g/mol. The zero-order chi connectivity index (χ0) is 9.68. The molecule has 2 N–H and O–H groups in total. The number of rotatable bonds is 0. The average molecular weight is 177 g/mol. The van der Waals surface area contributed by atoms with Gasteiger partial charge in [0.25, 0.3) is 0 Å². The fourth-order valence-electron chi connectivity index (χ4n) is 0.577. The van der Waals surface area contributed by atoms with Crippen molar-refractivity contribution in [2.45, 2.75) is 0 Å². The Labute approximate surface area is 74.9 Å². The van der Waals surface area contributed by atoms with Gasteiger partial charge < -0.3 is 10.5 Å². The Kier molecular flexibility index (Phi) is 2.82. The minimum absolute atomic E-state index is 0.170. The molecule has 0 unspecified atom stereocenters. The van der Waals surface area contributed by atoms with E-state index in [1.54, 1.807) is 0 Å². The van der Waals surface area contributed by atoms with E-state index in [2.05, 4.69) is 26.5 Å². The van der Waals surface area contributed by atoms with Crippen LogP contribution in [0.1, 0.15) is 5.56 Å². The molecule has 0 aliphatic heterocycles. The smallest absolute Gasteiger partial charge is 0.384 e. The van der Waals surface area contributed by atoms with Gasteiger partial charge in [-0.1, -0.05) is 5.92 Å². The van der Waals surface area contributed by atoms with E-state index in [-0.39, 0.29) is 5.95 Å². The maximum Gasteiger partial charge on any atom is 0.384 e. The lowest BCUT2D eigenvalue weighted by molar-refractivity contribution is -0.133. The molecule has 0 radical (unpaired) electrons. The molecular formula is C8H7N3O2. The summed E-state index contributed by atoms with van der Waals surface area (Å²) in [7, 11) is 1.26. The lowest BCUT2D eigenvalue weighted by Crippen LogP contribution is -1.96. The van der Waals surface area contributed by atoms with Gasteiger partial charge in [0.15, 0.2) is 0 Å². The first-order chi connectivity index (χ1) is 6.22. The van der Waals surface area contributed by atoms with Crippen molar-refractivity contribution in [1.29, 1.82) is 0 Å². The third kappa shape index (κ3) is 2.79. The molecule has 1 heterocycles. The van der Waals surface area contributed by atoms with E-state index in [4.69, 9.17) is 5.73 Å². The van der Waals surface area contributed by atoms with Crippen molar-refractivity contribution in [2.24, 2.45) is 0 Å². The van der Waals surface area contributed by atoms with Crippen LogP contribution in [0.25, 0.3) is 0 Å². The van der Waals surface area contributed by atoms with Crippen molar-refractivity contribution >= 4 is 11.9 Å². The number of anilines is 1. The summed E-state index contributed by atoms with van der Waals surface area (Å²) in [6.07, 6.45) is 2.86. The van der Waals surface area contributed by atoms with Crippen molar-refractivity contribution in [3.8, 4) is 11.8 Å². The highest BCUT2D eigenvalue weighted by Crippen LogP contribution is 1.93. The normalized spacial score (nSPS) is 8.38. The lowest BCUT2D eigenvalue weighted by Gasteiger charge is -1.89. The average Bonchev–Trinajstić information content (AvgIpc) is 2.16. The van der Waals surface area contributed by atoms with Gasteiger partial charge in [0.05, 0.1) is 12.7 Å². The van der Waals surface area contributed by atoms with Crippen molar-refractivity contribution < 1.29 is 9.53 Å². The summed E-state index contributed by atoms with van der Waals surface area (Å²) in [5.41, 5.74) is 5.76. The van der Waals surface area contributed by atoms with E-state index in [0.29, 0.717) is 5.56 Å². The molecule has 5 nitrogen and oxygen atoms in total. The number of nitrogens with two attached hydrogens (primary N) is 1. The molecule has 0 aromatic carbocycles. The van der Waals surface area contributed by atoms with Gasteiger partial charge >= 0.3 is 5.97 Å². The molecule has 0 fully saturated rings. The fourth-order valence-corrected chi connectivity index (χ4v) is 0.577. The molecule has 13 heavy (non-hydrogen) atoms. The molecule has 0 bridgehead atoms. The summed E-state index contributed by atoms with van der Waals surface area (Å²) in [5, 5.41) is 0. The van der Waals surface area contributed by atoms with E-state index in [9.17, 15) is 4.79 Å². The Balaban J connectivity index is 2.78. The number of ether oxygens (including phenoxy) is 1. The highest BCUT2D eigenvalue weighted by molar-refractivity contribution is 5.88. The van der Waals surface area contributed by atoms with Crippen LogP contribution in [0.2, 0.25) is 0 Å². The van der Waals surface area contributed by atoms with Gasteiger partial charge in [-0.05, 0) is 0 Å². The standard InChI is InChI=1S/C8H7N3O2/c1-13-7(12)3-2-6-4-10-8(9)11-5-6/h4-5H,1H3,(H2,9,10,11). The van der Waals surface area contributed by atoms with Crippen LogP contribution in [0.3, 0.4) is 0 Å². The molecule has 0 amide bonds. The number of carbonyl (C=O) groups excluding carboxylic acids is 1. The predicted octanol–water partition coefficient (Wildman–Crippen LogP) is -0.417. The second-order valence-electron chi connectivity index (χ2n) is 2.07. The van der Waals surface area contributed by atoms with E-state index in [1.807, 2.05) is 0 Å². The quantitative estimate of drug-likeness (QED) is 0.430. The van der Waals surface area contributed by atoms with Gasteiger partial charge in [0.1, 0.15) is 0 Å². The first-order valence-corrected chi connectivity index (χ1v) is 3.40. The minimum atomic E-state index is -0.600. The molecule has 66 valence electrons. The van der Waals surface area contributed by atoms with Crippen LogP contribution in [0.5, 0.6) is 0 Å². The van der Waals surface area contributed by atoms with Gasteiger partial charge in [-0.2, -0.15) is 0 Å². The molecule has 5 heteroatoms. The van der Waals surface area contributed by atoms with Crippen LogP contribution in [-0.4, -0.2) is 23.0 Å². The van der Waals surface area contributed by atoms with Crippen LogP contribution in [-0.2, 0) is 9.53 Å². The first-order valence-electron chi connectivity index (χ1n) is 3.40. The summed E-state index contributed by atoms with van der Waals surface area (Å²) in [6, 6.07) is 0. The first kappa shape index (κ1) is 9.00. The van der Waals surface area contributed by atoms with Gasteiger partial charge in [0, 0.05) is 18.3 Å². The highest BCUT2D eigenvalue weighted by Gasteiger charge is 1.91. The Bertz CT molecular complexity index is 361. The molecule has 0 saturated carbocycles. The number of esters is 1. The minimum Gasteiger partial charge on any atom is -0.459 e. The monoisotopic (exact) mass is 177 g/mol. The molecule has 1 rings (SSSR count). The topological polar surface area (TPSA) is 78.1 Å². The Morgan fingerprint density at radius 3 is 2.69 bits per heavy atom. The number of methoxy groups -OCH3 is 1. The molecule has 1 aromatic rings. The Hall–Kier alpha value is -2.09. The maximum atomic E-state index is 10.6. The molecule has 0 aliphatic rings. The van der Waals surface area contributed by atoms with E-state index < -0.39 is 5.97 Å². The van der Waals surface area contributed by atoms with Crippen molar-refractivity contribution in [1.82, 2.24) is 9.97 Å². The van der Waals surface area contributed by atoms with E-state index in [0.717, 1.165) is 0 Å². The zero-order valence-electron chi connectivity index (χ0n) is 6.94. The fraction of sp³-hybridized carbons (Fsp3) is 0.125. The number of aromatic nitrogens is 2. The van der Waals surface area contributed by atoms with Crippen LogP contribution in [0.4, 0.5) is 5.95 Å². The largest absolute Gasteiger partial charge is 0.459 e. The number of nitrogens with zero attached hydrogens (tertiary/aromatic N) is 2. The van der Waals surface area contributed by atoms with Gasteiger partial charge in [0.2, 0.25) is 5.95 Å². The highest BCUT2D eigenvalue weighted by atomic mass is 16.5. The zero-order valence-corrected chi connectivity index (χ0v) is 6.94. The summed E-state index contributed by atoms with van der Waals surface area (Å²) in [4.78, 5) is 18.0. The van der Waals surface area contributed by atoms with E-state index in [1.165, 1.54) is 19.5 Å². The SMILES string of the molecule is COC(=O)C#Cc1cnc(N)nc1. The number of carbonyl (C=O) groups is 1. The molecule has 0 aliphatic carbocycles. The second-order valence-corrected chi connectivity index (χ2v) is 2.07. The molecule has 0 spiro atoms. The number of hydrogen-bond acceptors (Lipinski definition) is 5. The second kappa shape index (κ2) is 4.07. The third-order valence-corrected chi connectivity index (χ3v) is 1.17. The Morgan fingerprint density at radius 2 is 2.15 bits per heavy atom. The summed E-state index contributed by atoms with van der Waals surface area (Å²) in [6.45, 7) is 0. The molecule has 0 atom stereocenters. The summed E-state index contributed by atoms with van der Waals surface area (Å²) in [5.74, 6) is 4.32. The van der Waals surface area contributed by atoms with Crippen molar-refractivity contribution in [2.75, 3.05) is 12.8 Å². The van der Waals surface area contributed by atoms with Gasteiger partial charge in [-0.3, -0.25) is 0 Å². The van der Waals surface area contributed by atoms with Crippen molar-refractivity contribution in [3.05, 3.63) is 18.0 Å². The lowest BCUT2D eigenvalue weighted by atomic mass is 10.3. The van der Waals surface area contributed by atoms with Gasteiger partial charge in [-0.15, -0.1) is 0 Å². The van der Waals surface area contributed by atoms with Crippen LogP contribution in [0, 0.1) is 11.8 Å². The van der Waals surface area contributed by atoms with Crippen LogP contribution >= 0.6 is 0 Å². The number of nitrogen functional groups attached to an aromatic ring is 1. The maximum absolute atomic E-state index is 10.6. The van der Waals surface area contributed by atoms with Gasteiger partial charge in [-0.25, -0.2) is 14.8 Å². The van der Waals surface area contributed by atoms with Crippen LogP contribution in [0.15, 0.2) is 12.4 Å².